The molecule has 2 aromatic rings. The second-order valence-electron chi connectivity index (χ2n) is 6.73. The van der Waals surface area contributed by atoms with Crippen molar-refractivity contribution in [1.82, 2.24) is 9.78 Å². The van der Waals surface area contributed by atoms with Gasteiger partial charge in [-0.2, -0.15) is 23.0 Å². The lowest BCUT2D eigenvalue weighted by Gasteiger charge is -2.34. The Morgan fingerprint density at radius 1 is 1.36 bits per heavy atom. The molecule has 2 N–H and O–H groups in total. The molecule has 1 fully saturated rings. The van der Waals surface area contributed by atoms with Crippen LogP contribution in [0.15, 0.2) is 35.3 Å². The number of primary amides is 1. The lowest BCUT2D eigenvalue weighted by atomic mass is 9.94. The normalized spacial score (nSPS) is 17.6. The zero-order valence-electron chi connectivity index (χ0n) is 14.7. The number of hydrogen-bond donors (Lipinski definition) is 1. The molecule has 1 aliphatic rings. The number of piperidine rings is 1. The highest BCUT2D eigenvalue weighted by Gasteiger charge is 2.31. The fourth-order valence-corrected chi connectivity index (χ4v) is 3.63. The summed E-state index contributed by atoms with van der Waals surface area (Å²) in [6, 6.07) is 4.31. The van der Waals surface area contributed by atoms with E-state index in [4.69, 9.17) is 17.3 Å². The molecule has 1 aliphatic heterocycles. The minimum Gasteiger partial charge on any atom is -0.370 e. The second kappa shape index (κ2) is 7.83. The molecule has 1 aromatic heterocycles. The van der Waals surface area contributed by atoms with Crippen molar-refractivity contribution in [2.24, 2.45) is 11.7 Å². The van der Waals surface area contributed by atoms with E-state index in [1.54, 1.807) is 0 Å². The molecule has 1 atom stereocenters. The third-order valence-electron chi connectivity index (χ3n) is 4.67. The number of benzene rings is 1. The van der Waals surface area contributed by atoms with Crippen molar-refractivity contribution < 1.29 is 18.0 Å². The Morgan fingerprint density at radius 3 is 2.79 bits per heavy atom. The summed E-state index contributed by atoms with van der Waals surface area (Å²) in [5.74, 6) is -0.343. The van der Waals surface area contributed by atoms with E-state index >= 15 is 0 Å². The van der Waals surface area contributed by atoms with Crippen LogP contribution in [0.5, 0.6) is 0 Å². The summed E-state index contributed by atoms with van der Waals surface area (Å²) >= 11 is 6.24. The third-order valence-corrected chi connectivity index (χ3v) is 5.02. The smallest absolute Gasteiger partial charge is 0.370 e. The van der Waals surface area contributed by atoms with Gasteiger partial charge in [-0.3, -0.25) is 9.59 Å². The number of aromatic nitrogens is 2. The van der Waals surface area contributed by atoms with Gasteiger partial charge in [0.25, 0.3) is 5.56 Å². The van der Waals surface area contributed by atoms with Crippen LogP contribution in [0, 0.1) is 5.92 Å². The minimum absolute atomic E-state index is 0.0291. The molecule has 0 saturated carbocycles. The standard InChI is InChI=1S/C18H18ClF3N4O2/c19-16-14(25-6-2-3-11(10-25)7-15(23)27)9-24-26(17(16)28)13-5-1-4-12(8-13)18(20,21)22/h1,4-5,8-9,11H,2-3,6-7,10H2,(H2,23,27). The van der Waals surface area contributed by atoms with Crippen LogP contribution in [-0.4, -0.2) is 28.8 Å². The van der Waals surface area contributed by atoms with Crippen LogP contribution in [0.1, 0.15) is 24.8 Å². The number of rotatable bonds is 4. The van der Waals surface area contributed by atoms with Gasteiger partial charge in [-0.05, 0) is 37.0 Å². The molecular weight excluding hydrogens is 397 g/mol. The number of carbonyl (C=O) groups excluding carboxylic acids is 1. The molecule has 6 nitrogen and oxygen atoms in total. The first-order valence-electron chi connectivity index (χ1n) is 8.65. The average Bonchev–Trinajstić information content (AvgIpc) is 2.63. The molecule has 28 heavy (non-hydrogen) atoms. The molecule has 3 rings (SSSR count). The Balaban J connectivity index is 1.92. The van der Waals surface area contributed by atoms with E-state index in [-0.39, 0.29) is 23.0 Å². The van der Waals surface area contributed by atoms with Crippen molar-refractivity contribution >= 4 is 23.2 Å². The number of nitrogens with zero attached hydrogens (tertiary/aromatic N) is 3. The lowest BCUT2D eigenvalue weighted by Crippen LogP contribution is -2.38. The molecule has 0 aliphatic carbocycles. The Hall–Kier alpha value is -2.55. The number of amides is 1. The van der Waals surface area contributed by atoms with Crippen LogP contribution >= 0.6 is 11.6 Å². The third kappa shape index (κ3) is 4.30. The fourth-order valence-electron chi connectivity index (χ4n) is 3.38. The van der Waals surface area contributed by atoms with Crippen LogP contribution in [-0.2, 0) is 11.0 Å². The lowest BCUT2D eigenvalue weighted by molar-refractivity contribution is -0.137. The summed E-state index contributed by atoms with van der Waals surface area (Å²) in [5.41, 5.74) is 4.03. The SMILES string of the molecule is NC(=O)CC1CCCN(c2cnn(-c3cccc(C(F)(F)F)c3)c(=O)c2Cl)C1. The van der Waals surface area contributed by atoms with Crippen LogP contribution in [0.25, 0.3) is 5.69 Å². The van der Waals surface area contributed by atoms with Gasteiger partial charge in [0, 0.05) is 19.5 Å². The molecular formula is C18H18ClF3N4O2. The molecule has 0 spiro atoms. The fraction of sp³-hybridized carbons (Fsp3) is 0.389. The van der Waals surface area contributed by atoms with E-state index in [0.29, 0.717) is 18.8 Å². The Labute approximate surface area is 163 Å². The van der Waals surface area contributed by atoms with E-state index in [1.807, 2.05) is 4.90 Å². The minimum atomic E-state index is -4.54. The van der Waals surface area contributed by atoms with E-state index in [2.05, 4.69) is 5.10 Å². The predicted molar refractivity (Wildman–Crippen MR) is 98.6 cm³/mol. The van der Waals surface area contributed by atoms with Crippen molar-refractivity contribution in [3.05, 3.63) is 51.4 Å². The molecule has 0 bridgehead atoms. The van der Waals surface area contributed by atoms with Crippen molar-refractivity contribution in [2.45, 2.75) is 25.4 Å². The van der Waals surface area contributed by atoms with Gasteiger partial charge in [0.05, 0.1) is 23.1 Å². The number of carbonyl (C=O) groups is 1. The van der Waals surface area contributed by atoms with Crippen molar-refractivity contribution in [3.63, 3.8) is 0 Å². The maximum Gasteiger partial charge on any atom is 0.416 e. The maximum atomic E-state index is 12.9. The van der Waals surface area contributed by atoms with Gasteiger partial charge in [0.1, 0.15) is 5.02 Å². The summed E-state index contributed by atoms with van der Waals surface area (Å²) in [7, 11) is 0. The molecule has 1 aromatic carbocycles. The van der Waals surface area contributed by atoms with Gasteiger partial charge in [0.2, 0.25) is 5.91 Å². The highest BCUT2D eigenvalue weighted by atomic mass is 35.5. The topological polar surface area (TPSA) is 81.2 Å². The molecule has 2 heterocycles. The molecule has 1 unspecified atom stereocenters. The number of alkyl halides is 3. The summed E-state index contributed by atoms with van der Waals surface area (Å²) in [4.78, 5) is 25.7. The first-order valence-corrected chi connectivity index (χ1v) is 9.03. The molecule has 150 valence electrons. The van der Waals surface area contributed by atoms with E-state index < -0.39 is 23.2 Å². The maximum absolute atomic E-state index is 12.9. The highest BCUT2D eigenvalue weighted by Crippen LogP contribution is 2.31. The van der Waals surface area contributed by atoms with Gasteiger partial charge in [-0.15, -0.1) is 0 Å². The van der Waals surface area contributed by atoms with Gasteiger partial charge in [-0.1, -0.05) is 17.7 Å². The van der Waals surface area contributed by atoms with Gasteiger partial charge in [0.15, 0.2) is 0 Å². The highest BCUT2D eigenvalue weighted by molar-refractivity contribution is 6.33. The van der Waals surface area contributed by atoms with Crippen molar-refractivity contribution in [3.8, 4) is 5.69 Å². The Kier molecular flexibility index (Phi) is 5.64. The Bertz CT molecular complexity index is 945. The zero-order valence-corrected chi connectivity index (χ0v) is 15.5. The average molecular weight is 415 g/mol. The van der Waals surface area contributed by atoms with Crippen LogP contribution in [0.2, 0.25) is 5.02 Å². The summed E-state index contributed by atoms with van der Waals surface area (Å²) in [6.07, 6.45) is -1.30. The number of nitrogens with two attached hydrogens (primary N) is 1. The van der Waals surface area contributed by atoms with Crippen molar-refractivity contribution in [2.75, 3.05) is 18.0 Å². The number of hydrogen-bond acceptors (Lipinski definition) is 4. The zero-order chi connectivity index (χ0) is 20.5. The van der Waals surface area contributed by atoms with E-state index in [9.17, 15) is 22.8 Å². The first-order chi connectivity index (χ1) is 13.2. The van der Waals surface area contributed by atoms with Crippen LogP contribution < -0.4 is 16.2 Å². The first kappa shape index (κ1) is 20.2. The quantitative estimate of drug-likeness (QED) is 0.833. The van der Waals surface area contributed by atoms with E-state index in [1.165, 1.54) is 18.3 Å². The number of halogens is 4. The predicted octanol–water partition coefficient (Wildman–Crippen LogP) is 3.00. The molecule has 1 saturated heterocycles. The Morgan fingerprint density at radius 2 is 2.11 bits per heavy atom. The van der Waals surface area contributed by atoms with Gasteiger partial charge >= 0.3 is 6.18 Å². The number of anilines is 1. The van der Waals surface area contributed by atoms with E-state index in [0.717, 1.165) is 29.7 Å². The summed E-state index contributed by atoms with van der Waals surface area (Å²) in [6.45, 7) is 1.13. The molecule has 10 heteroatoms. The van der Waals surface area contributed by atoms with Crippen molar-refractivity contribution in [1.29, 1.82) is 0 Å². The van der Waals surface area contributed by atoms with Crippen LogP contribution in [0.4, 0.5) is 18.9 Å². The van der Waals surface area contributed by atoms with Gasteiger partial charge < -0.3 is 10.6 Å². The molecule has 1 amide bonds. The summed E-state index contributed by atoms with van der Waals surface area (Å²) < 4.78 is 39.6. The second-order valence-corrected chi connectivity index (χ2v) is 7.11. The summed E-state index contributed by atoms with van der Waals surface area (Å²) in [5, 5.41) is 3.88. The monoisotopic (exact) mass is 414 g/mol. The van der Waals surface area contributed by atoms with Crippen LogP contribution in [0.3, 0.4) is 0 Å². The van der Waals surface area contributed by atoms with Gasteiger partial charge in [-0.25, -0.2) is 0 Å². The largest absolute Gasteiger partial charge is 0.416 e. The molecule has 0 radical (unpaired) electrons.